The zero-order chi connectivity index (χ0) is 9.68. The van der Waals surface area contributed by atoms with Gasteiger partial charge in [-0.1, -0.05) is 0 Å². The monoisotopic (exact) mass is 199 g/mol. The van der Waals surface area contributed by atoms with Gasteiger partial charge in [0.05, 0.1) is 6.10 Å². The highest BCUT2D eigenvalue weighted by Gasteiger charge is 1.98. The topological polar surface area (TPSA) is 58.0 Å². The summed E-state index contributed by atoms with van der Waals surface area (Å²) in [4.78, 5) is 0. The highest BCUT2D eigenvalue weighted by Crippen LogP contribution is 2.10. The van der Waals surface area contributed by atoms with Gasteiger partial charge < -0.3 is 10.4 Å². The Bertz CT molecular complexity index is 250. The molecule has 0 saturated heterocycles. The molecule has 0 aliphatic heterocycles. The molecule has 72 valence electrons. The lowest BCUT2D eigenvalue weighted by Gasteiger charge is -2.06. The third-order valence-electron chi connectivity index (χ3n) is 1.43. The van der Waals surface area contributed by atoms with Crippen molar-refractivity contribution in [3.05, 3.63) is 12.1 Å². The molecular weight excluding hydrogens is 186 g/mol. The number of anilines is 1. The molecule has 1 aromatic heterocycles. The third-order valence-corrected chi connectivity index (χ3v) is 2.06. The van der Waals surface area contributed by atoms with E-state index < -0.39 is 0 Å². The van der Waals surface area contributed by atoms with Crippen molar-refractivity contribution in [3.8, 4) is 0 Å². The fraction of sp³-hybridized carbons (Fsp3) is 0.500. The quantitative estimate of drug-likeness (QED) is 0.708. The van der Waals surface area contributed by atoms with Crippen molar-refractivity contribution in [2.24, 2.45) is 0 Å². The van der Waals surface area contributed by atoms with Gasteiger partial charge in [-0.2, -0.15) is 0 Å². The van der Waals surface area contributed by atoms with Crippen LogP contribution in [0.5, 0.6) is 0 Å². The molecule has 0 unspecified atom stereocenters. The number of aromatic nitrogens is 2. The van der Waals surface area contributed by atoms with Crippen LogP contribution in [0.2, 0.25) is 0 Å². The van der Waals surface area contributed by atoms with E-state index >= 15 is 0 Å². The zero-order valence-corrected chi connectivity index (χ0v) is 8.51. The minimum Gasteiger partial charge on any atom is -0.392 e. The molecule has 0 fully saturated rings. The van der Waals surface area contributed by atoms with Crippen LogP contribution in [0.1, 0.15) is 6.92 Å². The first kappa shape index (κ1) is 10.3. The van der Waals surface area contributed by atoms with E-state index in [2.05, 4.69) is 15.5 Å². The van der Waals surface area contributed by atoms with Crippen LogP contribution in [0.3, 0.4) is 0 Å². The molecule has 5 heteroatoms. The number of aliphatic hydroxyl groups excluding tert-OH is 1. The standard InChI is InChI=1S/C8H13N3OS/c1-6(12)5-9-7-3-4-8(13-2)11-10-7/h3-4,6,12H,5H2,1-2H3,(H,9,10)/t6-/m1/s1. The maximum Gasteiger partial charge on any atom is 0.148 e. The molecule has 2 N–H and O–H groups in total. The Morgan fingerprint density at radius 2 is 2.31 bits per heavy atom. The van der Waals surface area contributed by atoms with Crippen molar-refractivity contribution >= 4 is 17.6 Å². The summed E-state index contributed by atoms with van der Waals surface area (Å²) in [5.41, 5.74) is 0. The summed E-state index contributed by atoms with van der Waals surface area (Å²) in [5.74, 6) is 0.693. The molecule has 13 heavy (non-hydrogen) atoms. The molecule has 0 radical (unpaired) electrons. The summed E-state index contributed by atoms with van der Waals surface area (Å²) in [6, 6.07) is 3.74. The summed E-state index contributed by atoms with van der Waals surface area (Å²) in [5, 5.41) is 20.7. The molecule has 0 bridgehead atoms. The molecule has 1 rings (SSSR count). The molecule has 0 amide bonds. The predicted molar refractivity (Wildman–Crippen MR) is 54.0 cm³/mol. The Labute approximate surface area is 81.8 Å². The second-order valence-corrected chi connectivity index (χ2v) is 3.52. The Morgan fingerprint density at radius 1 is 1.54 bits per heavy atom. The van der Waals surface area contributed by atoms with E-state index in [9.17, 15) is 0 Å². The van der Waals surface area contributed by atoms with Gasteiger partial charge in [0.25, 0.3) is 0 Å². The maximum absolute atomic E-state index is 9.00. The number of hydrogen-bond acceptors (Lipinski definition) is 5. The number of rotatable bonds is 4. The number of hydrogen-bond donors (Lipinski definition) is 2. The Kier molecular flexibility index (Phi) is 3.98. The van der Waals surface area contributed by atoms with Crippen molar-refractivity contribution in [2.75, 3.05) is 18.1 Å². The lowest BCUT2D eigenvalue weighted by Crippen LogP contribution is -2.16. The molecule has 0 spiro atoms. The predicted octanol–water partition coefficient (Wildman–Crippen LogP) is 0.991. The van der Waals surface area contributed by atoms with Gasteiger partial charge >= 0.3 is 0 Å². The molecule has 4 nitrogen and oxygen atoms in total. The van der Waals surface area contributed by atoms with Gasteiger partial charge in [0.2, 0.25) is 0 Å². The van der Waals surface area contributed by atoms with Gasteiger partial charge in [-0.3, -0.25) is 0 Å². The van der Waals surface area contributed by atoms with E-state index in [0.717, 1.165) is 5.03 Å². The highest BCUT2D eigenvalue weighted by molar-refractivity contribution is 7.98. The highest BCUT2D eigenvalue weighted by atomic mass is 32.2. The van der Waals surface area contributed by atoms with Crippen LogP contribution in [0.25, 0.3) is 0 Å². The van der Waals surface area contributed by atoms with E-state index in [1.54, 1.807) is 18.7 Å². The van der Waals surface area contributed by atoms with E-state index in [-0.39, 0.29) is 6.10 Å². The molecule has 1 aromatic rings. The Morgan fingerprint density at radius 3 is 2.77 bits per heavy atom. The van der Waals surface area contributed by atoms with Gasteiger partial charge in [-0.15, -0.1) is 22.0 Å². The van der Waals surface area contributed by atoms with Gasteiger partial charge in [0, 0.05) is 6.54 Å². The molecule has 0 aliphatic carbocycles. The Hall–Kier alpha value is -0.810. The summed E-state index contributed by atoms with van der Waals surface area (Å²) in [7, 11) is 0. The zero-order valence-electron chi connectivity index (χ0n) is 7.69. The summed E-state index contributed by atoms with van der Waals surface area (Å²) in [6.07, 6.45) is 1.58. The van der Waals surface area contributed by atoms with Crippen molar-refractivity contribution in [2.45, 2.75) is 18.1 Å². The molecular formula is C8H13N3OS. The van der Waals surface area contributed by atoms with Crippen LogP contribution >= 0.6 is 11.8 Å². The first-order chi connectivity index (χ1) is 6.22. The lowest BCUT2D eigenvalue weighted by atomic mass is 10.4. The van der Waals surface area contributed by atoms with Gasteiger partial charge in [-0.25, -0.2) is 0 Å². The minimum absolute atomic E-state index is 0.373. The van der Waals surface area contributed by atoms with Gasteiger partial charge in [0.1, 0.15) is 10.8 Å². The molecule has 0 saturated carbocycles. The second kappa shape index (κ2) is 5.04. The lowest BCUT2D eigenvalue weighted by molar-refractivity contribution is 0.208. The van der Waals surface area contributed by atoms with Crippen LogP contribution in [0.4, 0.5) is 5.82 Å². The summed E-state index contributed by atoms with van der Waals surface area (Å²) < 4.78 is 0. The van der Waals surface area contributed by atoms with Gasteiger partial charge in [-0.05, 0) is 25.3 Å². The van der Waals surface area contributed by atoms with Crippen LogP contribution in [0.15, 0.2) is 17.2 Å². The first-order valence-electron chi connectivity index (χ1n) is 4.02. The van der Waals surface area contributed by atoms with E-state index in [4.69, 9.17) is 5.11 Å². The third kappa shape index (κ3) is 3.61. The number of aliphatic hydroxyl groups is 1. The fourth-order valence-corrected chi connectivity index (χ4v) is 1.10. The molecule has 0 aliphatic rings. The molecule has 0 aromatic carbocycles. The van der Waals surface area contributed by atoms with Crippen LogP contribution in [0, 0.1) is 0 Å². The average molecular weight is 199 g/mol. The van der Waals surface area contributed by atoms with E-state index in [0.29, 0.717) is 12.4 Å². The average Bonchev–Trinajstić information content (AvgIpc) is 2.15. The smallest absolute Gasteiger partial charge is 0.148 e. The number of nitrogens with one attached hydrogen (secondary N) is 1. The molecule has 1 heterocycles. The number of thioether (sulfide) groups is 1. The van der Waals surface area contributed by atoms with E-state index in [1.807, 2.05) is 18.4 Å². The minimum atomic E-state index is -0.373. The second-order valence-electron chi connectivity index (χ2n) is 2.69. The Balaban J connectivity index is 2.49. The van der Waals surface area contributed by atoms with Crippen LogP contribution < -0.4 is 5.32 Å². The fourth-order valence-electron chi connectivity index (χ4n) is 0.775. The summed E-state index contributed by atoms with van der Waals surface area (Å²) >= 11 is 1.55. The van der Waals surface area contributed by atoms with Crippen molar-refractivity contribution in [3.63, 3.8) is 0 Å². The molecule has 1 atom stereocenters. The summed E-state index contributed by atoms with van der Waals surface area (Å²) in [6.45, 7) is 2.21. The normalized spacial score (nSPS) is 12.5. The SMILES string of the molecule is CSc1ccc(NC[C@@H](C)O)nn1. The largest absolute Gasteiger partial charge is 0.392 e. The van der Waals surface area contributed by atoms with Crippen molar-refractivity contribution in [1.29, 1.82) is 0 Å². The van der Waals surface area contributed by atoms with Crippen LogP contribution in [-0.2, 0) is 0 Å². The first-order valence-corrected chi connectivity index (χ1v) is 5.24. The van der Waals surface area contributed by atoms with Crippen molar-refractivity contribution < 1.29 is 5.11 Å². The van der Waals surface area contributed by atoms with Crippen molar-refractivity contribution in [1.82, 2.24) is 10.2 Å². The maximum atomic E-state index is 9.00. The van der Waals surface area contributed by atoms with Crippen LogP contribution in [-0.4, -0.2) is 34.2 Å². The number of nitrogens with zero attached hydrogens (tertiary/aromatic N) is 2. The van der Waals surface area contributed by atoms with Gasteiger partial charge in [0.15, 0.2) is 0 Å². The van der Waals surface area contributed by atoms with E-state index in [1.165, 1.54) is 0 Å².